The highest BCUT2D eigenvalue weighted by molar-refractivity contribution is 5.96. The zero-order valence-electron chi connectivity index (χ0n) is 13.5. The van der Waals surface area contributed by atoms with Gasteiger partial charge in [0.2, 0.25) is 11.9 Å². The van der Waals surface area contributed by atoms with E-state index in [0.29, 0.717) is 19.4 Å². The number of hydrogen-bond acceptors (Lipinski definition) is 4. The molecule has 0 aliphatic carbocycles. The van der Waals surface area contributed by atoms with Gasteiger partial charge in [0.05, 0.1) is 0 Å². The highest BCUT2D eigenvalue weighted by Crippen LogP contribution is 2.20. The maximum atomic E-state index is 13.1. The van der Waals surface area contributed by atoms with Gasteiger partial charge in [-0.25, -0.2) is 9.78 Å². The number of hydrogen-bond donors (Lipinski definition) is 1. The van der Waals surface area contributed by atoms with E-state index in [1.807, 2.05) is 30.3 Å². The number of carbonyl (C=O) groups excluding carboxylic acids is 2. The quantitative estimate of drug-likeness (QED) is 0.867. The predicted molar refractivity (Wildman–Crippen MR) is 89.2 cm³/mol. The molecule has 1 atom stereocenters. The van der Waals surface area contributed by atoms with Crippen molar-refractivity contribution in [2.24, 2.45) is 0 Å². The summed E-state index contributed by atoms with van der Waals surface area (Å²) < 4.78 is 18.4. The summed E-state index contributed by atoms with van der Waals surface area (Å²) in [5.41, 5.74) is 0.875. The zero-order chi connectivity index (χ0) is 17.6. The molecule has 3 rings (SSSR count). The molecule has 1 N–H and O–H groups in total. The monoisotopic (exact) mass is 343 g/mol. The summed E-state index contributed by atoms with van der Waals surface area (Å²) in [6, 6.07) is 12.8. The first kappa shape index (κ1) is 16.9. The van der Waals surface area contributed by atoms with Crippen LogP contribution in [0.5, 0.6) is 0 Å². The molecule has 1 saturated heterocycles. The van der Waals surface area contributed by atoms with Gasteiger partial charge in [-0.05, 0) is 30.5 Å². The van der Waals surface area contributed by atoms with E-state index in [2.05, 4.69) is 10.3 Å². The molecule has 1 aliphatic heterocycles. The summed E-state index contributed by atoms with van der Waals surface area (Å²) in [4.78, 5) is 29.7. The Balaban J connectivity index is 1.59. The molecule has 25 heavy (non-hydrogen) atoms. The average Bonchev–Trinajstić information content (AvgIpc) is 3.10. The number of likely N-dealkylation sites (tertiary alicyclic amines) is 1. The summed E-state index contributed by atoms with van der Waals surface area (Å²) in [6.07, 6.45) is 0.699. The molecular weight excluding hydrogens is 325 g/mol. The van der Waals surface area contributed by atoms with Gasteiger partial charge in [0.25, 0.3) is 0 Å². The first-order valence-corrected chi connectivity index (χ1v) is 8.04. The van der Waals surface area contributed by atoms with Crippen molar-refractivity contribution >= 4 is 17.8 Å². The Kier molecular flexibility index (Phi) is 5.23. The summed E-state index contributed by atoms with van der Waals surface area (Å²) in [6.45, 7) is 0.595. The predicted octanol–water partition coefficient (Wildman–Crippen LogP) is 2.96. The van der Waals surface area contributed by atoms with Gasteiger partial charge < -0.3 is 10.1 Å². The summed E-state index contributed by atoms with van der Waals surface area (Å²) in [5.74, 6) is -0.954. The fourth-order valence-electron chi connectivity index (χ4n) is 2.75. The van der Waals surface area contributed by atoms with Gasteiger partial charge in [-0.2, -0.15) is 4.39 Å². The van der Waals surface area contributed by atoms with E-state index in [1.165, 1.54) is 23.1 Å². The maximum Gasteiger partial charge on any atom is 0.410 e. The third kappa shape index (κ3) is 4.32. The van der Waals surface area contributed by atoms with Crippen molar-refractivity contribution in [1.29, 1.82) is 0 Å². The number of rotatable bonds is 4. The van der Waals surface area contributed by atoms with Crippen LogP contribution < -0.4 is 5.32 Å². The van der Waals surface area contributed by atoms with Crippen LogP contribution in [-0.2, 0) is 16.1 Å². The Morgan fingerprint density at radius 3 is 2.76 bits per heavy atom. The Morgan fingerprint density at radius 1 is 1.20 bits per heavy atom. The van der Waals surface area contributed by atoms with Crippen molar-refractivity contribution in [3.05, 3.63) is 60.0 Å². The standard InChI is InChI=1S/C18H18FN3O3/c19-15-9-4-10-16(20-15)21-17(23)14-8-5-11-22(14)18(24)25-12-13-6-2-1-3-7-13/h1-4,6-7,9-10,14H,5,8,11-12H2,(H,20,21,23)/t14-/m0/s1. The Bertz CT molecular complexity index is 754. The molecular formula is C18H18FN3O3. The van der Waals surface area contributed by atoms with E-state index in [0.717, 1.165) is 5.56 Å². The van der Waals surface area contributed by atoms with Crippen molar-refractivity contribution in [2.45, 2.75) is 25.5 Å². The molecule has 0 radical (unpaired) electrons. The second-order valence-corrected chi connectivity index (χ2v) is 5.73. The first-order valence-electron chi connectivity index (χ1n) is 8.04. The highest BCUT2D eigenvalue weighted by atomic mass is 19.1. The van der Waals surface area contributed by atoms with Gasteiger partial charge in [0, 0.05) is 6.54 Å². The normalized spacial score (nSPS) is 16.5. The molecule has 1 aromatic heterocycles. The molecule has 2 aromatic rings. The van der Waals surface area contributed by atoms with Crippen molar-refractivity contribution in [3.8, 4) is 0 Å². The lowest BCUT2D eigenvalue weighted by Gasteiger charge is -2.23. The molecule has 130 valence electrons. The lowest BCUT2D eigenvalue weighted by atomic mass is 10.2. The molecule has 1 aromatic carbocycles. The van der Waals surface area contributed by atoms with Gasteiger partial charge in [-0.15, -0.1) is 0 Å². The number of nitrogens with zero attached hydrogens (tertiary/aromatic N) is 2. The number of anilines is 1. The van der Waals surface area contributed by atoms with Crippen molar-refractivity contribution in [1.82, 2.24) is 9.88 Å². The second kappa shape index (κ2) is 7.74. The largest absolute Gasteiger partial charge is 0.445 e. The number of halogens is 1. The Morgan fingerprint density at radius 2 is 2.00 bits per heavy atom. The van der Waals surface area contributed by atoms with Gasteiger partial charge in [0.15, 0.2) is 0 Å². The molecule has 1 aliphatic rings. The van der Waals surface area contributed by atoms with Crippen molar-refractivity contribution in [3.63, 3.8) is 0 Å². The minimum Gasteiger partial charge on any atom is -0.445 e. The molecule has 0 spiro atoms. The fraction of sp³-hybridized carbons (Fsp3) is 0.278. The van der Waals surface area contributed by atoms with Crippen LogP contribution in [0.4, 0.5) is 15.0 Å². The molecule has 2 amide bonds. The Hall–Kier alpha value is -2.96. The summed E-state index contributed by atoms with van der Waals surface area (Å²) >= 11 is 0. The number of pyridine rings is 1. The first-order chi connectivity index (χ1) is 12.1. The molecule has 0 unspecified atom stereocenters. The van der Waals surface area contributed by atoms with Crippen molar-refractivity contribution in [2.75, 3.05) is 11.9 Å². The summed E-state index contributed by atoms with van der Waals surface area (Å²) in [7, 11) is 0. The van der Waals surface area contributed by atoms with Crippen LogP contribution in [0, 0.1) is 5.95 Å². The van der Waals surface area contributed by atoms with Crippen LogP contribution in [-0.4, -0.2) is 34.5 Å². The number of benzene rings is 1. The molecule has 0 bridgehead atoms. The van der Waals surface area contributed by atoms with Crippen LogP contribution in [0.1, 0.15) is 18.4 Å². The lowest BCUT2D eigenvalue weighted by Crippen LogP contribution is -2.43. The zero-order valence-corrected chi connectivity index (χ0v) is 13.5. The third-order valence-corrected chi connectivity index (χ3v) is 3.96. The smallest absolute Gasteiger partial charge is 0.410 e. The molecule has 2 heterocycles. The van der Waals surface area contributed by atoms with E-state index < -0.39 is 24.0 Å². The number of nitrogens with one attached hydrogen (secondary N) is 1. The number of aromatic nitrogens is 1. The molecule has 0 saturated carbocycles. The minimum atomic E-state index is -0.677. The van der Waals surface area contributed by atoms with Gasteiger partial charge in [-0.3, -0.25) is 9.69 Å². The van der Waals surface area contributed by atoms with Crippen LogP contribution in [0.2, 0.25) is 0 Å². The topological polar surface area (TPSA) is 71.5 Å². The van der Waals surface area contributed by atoms with Gasteiger partial charge >= 0.3 is 6.09 Å². The number of ether oxygens (including phenoxy) is 1. The number of carbonyl (C=O) groups is 2. The van der Waals surface area contributed by atoms with Crippen molar-refractivity contribution < 1.29 is 18.7 Å². The van der Waals surface area contributed by atoms with E-state index in [1.54, 1.807) is 0 Å². The second-order valence-electron chi connectivity index (χ2n) is 5.73. The maximum absolute atomic E-state index is 13.1. The Labute approximate surface area is 144 Å². The van der Waals surface area contributed by atoms with E-state index >= 15 is 0 Å². The third-order valence-electron chi connectivity index (χ3n) is 3.96. The van der Waals surface area contributed by atoms with Crippen LogP contribution in [0.3, 0.4) is 0 Å². The van der Waals surface area contributed by atoms with Crippen LogP contribution in [0.15, 0.2) is 48.5 Å². The highest BCUT2D eigenvalue weighted by Gasteiger charge is 2.35. The molecule has 6 nitrogen and oxygen atoms in total. The lowest BCUT2D eigenvalue weighted by molar-refractivity contribution is -0.120. The number of amides is 2. The summed E-state index contributed by atoms with van der Waals surface area (Å²) in [5, 5.41) is 2.54. The average molecular weight is 343 g/mol. The fourth-order valence-corrected chi connectivity index (χ4v) is 2.75. The molecule has 7 heteroatoms. The minimum absolute atomic E-state index is 0.120. The SMILES string of the molecule is O=C(Nc1cccc(F)n1)[C@@H]1CCCN1C(=O)OCc1ccccc1. The van der Waals surface area contributed by atoms with Gasteiger partial charge in [0.1, 0.15) is 18.5 Å². The van der Waals surface area contributed by atoms with E-state index in [9.17, 15) is 14.0 Å². The van der Waals surface area contributed by atoms with Gasteiger partial charge in [-0.1, -0.05) is 36.4 Å². The van der Waals surface area contributed by atoms with E-state index in [4.69, 9.17) is 4.74 Å². The van der Waals surface area contributed by atoms with Crippen LogP contribution >= 0.6 is 0 Å². The van der Waals surface area contributed by atoms with E-state index in [-0.39, 0.29) is 12.4 Å². The van der Waals surface area contributed by atoms with Crippen LogP contribution in [0.25, 0.3) is 0 Å². The molecule has 1 fully saturated rings.